The van der Waals surface area contributed by atoms with Crippen molar-refractivity contribution in [2.75, 3.05) is 32.5 Å². The molecule has 7 nitrogen and oxygen atoms in total. The van der Waals surface area contributed by atoms with E-state index in [2.05, 4.69) is 0 Å². The highest BCUT2D eigenvalue weighted by Crippen LogP contribution is 2.58. The Balaban J connectivity index is 1.81. The van der Waals surface area contributed by atoms with E-state index in [9.17, 15) is 27.9 Å². The Bertz CT molecular complexity index is 1260. The maximum absolute atomic E-state index is 14.0. The molecule has 0 bridgehead atoms. The first kappa shape index (κ1) is 31.1. The van der Waals surface area contributed by atoms with Gasteiger partial charge in [-0.15, -0.1) is 0 Å². The molecule has 2 atom stereocenters. The van der Waals surface area contributed by atoms with Gasteiger partial charge in [0.05, 0.1) is 7.11 Å². The number of nitrogens with zero attached hydrogens (tertiary/aromatic N) is 1. The third-order valence-corrected chi connectivity index (χ3v) is 8.92. The van der Waals surface area contributed by atoms with Gasteiger partial charge in [-0.05, 0) is 97.2 Å². The summed E-state index contributed by atoms with van der Waals surface area (Å²) < 4.78 is 57.9. The Hall–Kier alpha value is -2.82. The molecule has 2 aromatic rings. The SMILES string of the molecule is COCOc1ccc2c(c1)C1(CCC(C(=O)OC)(N(C(=O)C(F)(F)F)c3cccc(Cl)c3)CC1)[C@@H](C[C@@H](C)CO)C2. The summed E-state index contributed by atoms with van der Waals surface area (Å²) in [6.07, 6.45) is -3.35. The van der Waals surface area contributed by atoms with Crippen molar-refractivity contribution < 1.29 is 42.1 Å². The van der Waals surface area contributed by atoms with E-state index < -0.39 is 29.0 Å². The second-order valence-electron chi connectivity index (χ2n) is 11.1. The lowest BCUT2D eigenvalue weighted by Crippen LogP contribution is -2.63. The van der Waals surface area contributed by atoms with Crippen molar-refractivity contribution in [3.8, 4) is 5.75 Å². The summed E-state index contributed by atoms with van der Waals surface area (Å²) >= 11 is 6.12. The third kappa shape index (κ3) is 5.92. The molecule has 1 N–H and O–H groups in total. The first-order chi connectivity index (χ1) is 19.4. The zero-order valence-corrected chi connectivity index (χ0v) is 24.1. The second-order valence-corrected chi connectivity index (χ2v) is 11.5. The van der Waals surface area contributed by atoms with Gasteiger partial charge in [-0.1, -0.05) is 30.7 Å². The zero-order valence-electron chi connectivity index (χ0n) is 23.3. The lowest BCUT2D eigenvalue weighted by molar-refractivity contribution is -0.174. The van der Waals surface area contributed by atoms with Gasteiger partial charge in [0, 0.05) is 24.4 Å². The molecule has 0 radical (unpaired) electrons. The van der Waals surface area contributed by atoms with Crippen LogP contribution in [0.5, 0.6) is 5.75 Å². The standard InChI is InChI=1S/C30H35ClF3NO6/c1-19(17-36)13-21-14-20-7-8-24(41-18-39-2)16-25(20)28(21)9-11-29(12-10-28,27(38)40-3)35(26(37)30(32,33)34)23-6-4-5-22(31)15-23/h4-8,15-16,19,21,36H,9-14,17-18H2,1-3H3/t19-,21+,28?,29?/m1/s1. The molecule has 0 saturated heterocycles. The monoisotopic (exact) mass is 597 g/mol. The van der Waals surface area contributed by atoms with Gasteiger partial charge in [-0.3, -0.25) is 9.69 Å². The van der Waals surface area contributed by atoms with Gasteiger partial charge in [0.2, 0.25) is 0 Å². The first-order valence-electron chi connectivity index (χ1n) is 13.5. The van der Waals surface area contributed by atoms with Crippen molar-refractivity contribution in [2.24, 2.45) is 11.8 Å². The first-order valence-corrected chi connectivity index (χ1v) is 13.9. The van der Waals surface area contributed by atoms with E-state index in [-0.39, 0.29) is 48.8 Å². The normalized spacial score (nSPS) is 24.5. The van der Waals surface area contributed by atoms with E-state index in [1.165, 1.54) is 31.4 Å². The maximum atomic E-state index is 14.0. The number of aliphatic hydroxyl groups is 1. The van der Waals surface area contributed by atoms with Gasteiger partial charge >= 0.3 is 18.1 Å². The molecule has 2 aliphatic rings. The smallest absolute Gasteiger partial charge is 0.468 e. The van der Waals surface area contributed by atoms with Gasteiger partial charge in [-0.2, -0.15) is 13.2 Å². The van der Waals surface area contributed by atoms with Crippen LogP contribution in [-0.2, 0) is 30.9 Å². The number of aliphatic hydroxyl groups excluding tert-OH is 1. The zero-order chi connectivity index (χ0) is 30.0. The van der Waals surface area contributed by atoms with Crippen LogP contribution in [0.1, 0.15) is 50.2 Å². The van der Waals surface area contributed by atoms with E-state index >= 15 is 0 Å². The Morgan fingerprint density at radius 3 is 2.41 bits per heavy atom. The van der Waals surface area contributed by atoms with Crippen molar-refractivity contribution in [3.05, 3.63) is 58.6 Å². The number of methoxy groups -OCH3 is 2. The lowest BCUT2D eigenvalue weighted by atomic mass is 9.59. The molecule has 0 unspecified atom stereocenters. The van der Waals surface area contributed by atoms with E-state index in [0.29, 0.717) is 29.9 Å². The Labute approximate surface area is 242 Å². The molecule has 4 rings (SSSR count). The van der Waals surface area contributed by atoms with Gasteiger partial charge in [0.1, 0.15) is 11.3 Å². The number of carbonyl (C=O) groups excluding carboxylic acids is 2. The minimum Gasteiger partial charge on any atom is -0.468 e. The average molecular weight is 598 g/mol. The van der Waals surface area contributed by atoms with Crippen LogP contribution in [0.2, 0.25) is 5.02 Å². The van der Waals surface area contributed by atoms with Gasteiger partial charge in [0.25, 0.3) is 0 Å². The number of carbonyl (C=O) groups is 2. The van der Waals surface area contributed by atoms with Crippen molar-refractivity contribution in [2.45, 2.75) is 62.6 Å². The number of anilines is 1. The fourth-order valence-corrected chi connectivity index (χ4v) is 6.95. The highest BCUT2D eigenvalue weighted by molar-refractivity contribution is 6.31. The summed E-state index contributed by atoms with van der Waals surface area (Å²) in [6.45, 7) is 2.00. The second kappa shape index (κ2) is 12.2. The number of rotatable bonds is 9. The molecule has 1 amide bonds. The van der Waals surface area contributed by atoms with Gasteiger partial charge in [0.15, 0.2) is 6.79 Å². The van der Waals surface area contributed by atoms with E-state index in [1.807, 2.05) is 25.1 Å². The lowest BCUT2D eigenvalue weighted by Gasteiger charge is -2.51. The number of benzene rings is 2. The summed E-state index contributed by atoms with van der Waals surface area (Å²) in [5.74, 6) is -2.42. The third-order valence-electron chi connectivity index (χ3n) is 8.68. The number of halogens is 4. The Morgan fingerprint density at radius 1 is 1.12 bits per heavy atom. The number of ether oxygens (including phenoxy) is 3. The number of hydrogen-bond acceptors (Lipinski definition) is 6. The fraction of sp³-hybridized carbons (Fsp3) is 0.533. The summed E-state index contributed by atoms with van der Waals surface area (Å²) in [6, 6.07) is 11.3. The molecule has 1 fully saturated rings. The average Bonchev–Trinajstić information content (AvgIpc) is 3.23. The number of esters is 1. The number of fused-ring (bicyclic) bond motifs is 2. The predicted octanol–water partition coefficient (Wildman–Crippen LogP) is 5.83. The maximum Gasteiger partial charge on any atom is 0.471 e. The Kier molecular flexibility index (Phi) is 9.26. The molecule has 11 heteroatoms. The van der Waals surface area contributed by atoms with Crippen LogP contribution in [-0.4, -0.2) is 56.3 Å². The van der Waals surface area contributed by atoms with E-state index in [4.69, 9.17) is 25.8 Å². The van der Waals surface area contributed by atoms with Crippen molar-refractivity contribution >= 4 is 29.2 Å². The highest BCUT2D eigenvalue weighted by atomic mass is 35.5. The van der Waals surface area contributed by atoms with Crippen LogP contribution in [0.25, 0.3) is 0 Å². The van der Waals surface area contributed by atoms with Crippen LogP contribution in [0.4, 0.5) is 18.9 Å². The topological polar surface area (TPSA) is 85.3 Å². The minimum atomic E-state index is -5.24. The largest absolute Gasteiger partial charge is 0.471 e. The molecular formula is C30H35ClF3NO6. The highest BCUT2D eigenvalue weighted by Gasteiger charge is 2.60. The molecule has 224 valence electrons. The van der Waals surface area contributed by atoms with Crippen LogP contribution >= 0.6 is 11.6 Å². The van der Waals surface area contributed by atoms with E-state index in [1.54, 1.807) is 0 Å². The molecule has 1 spiro atoms. The van der Waals surface area contributed by atoms with Crippen molar-refractivity contribution in [1.29, 1.82) is 0 Å². The fourth-order valence-electron chi connectivity index (χ4n) is 6.76. The summed E-state index contributed by atoms with van der Waals surface area (Å²) in [7, 11) is 2.63. The molecule has 1 saturated carbocycles. The van der Waals surface area contributed by atoms with Gasteiger partial charge < -0.3 is 19.3 Å². The van der Waals surface area contributed by atoms with Crippen LogP contribution in [0.3, 0.4) is 0 Å². The van der Waals surface area contributed by atoms with E-state index in [0.717, 1.165) is 24.7 Å². The molecule has 41 heavy (non-hydrogen) atoms. The summed E-state index contributed by atoms with van der Waals surface area (Å²) in [5.41, 5.74) is -0.445. The number of alkyl halides is 3. The van der Waals surface area contributed by atoms with Crippen molar-refractivity contribution in [1.82, 2.24) is 0 Å². The molecule has 0 aliphatic heterocycles. The van der Waals surface area contributed by atoms with Crippen LogP contribution in [0, 0.1) is 11.8 Å². The van der Waals surface area contributed by atoms with Crippen LogP contribution in [0.15, 0.2) is 42.5 Å². The summed E-state index contributed by atoms with van der Waals surface area (Å²) in [4.78, 5) is 27.0. The predicted molar refractivity (Wildman–Crippen MR) is 147 cm³/mol. The number of amides is 1. The number of hydrogen-bond donors (Lipinski definition) is 1. The molecule has 0 heterocycles. The van der Waals surface area contributed by atoms with Crippen LogP contribution < -0.4 is 9.64 Å². The molecule has 2 aromatic carbocycles. The molecule has 2 aliphatic carbocycles. The minimum absolute atomic E-state index is 0.000147. The molecular weight excluding hydrogens is 563 g/mol. The Morgan fingerprint density at radius 2 is 1.83 bits per heavy atom. The van der Waals surface area contributed by atoms with Gasteiger partial charge in [-0.25, -0.2) is 4.79 Å². The molecule has 0 aromatic heterocycles. The summed E-state index contributed by atoms with van der Waals surface area (Å²) in [5, 5.41) is 9.96. The van der Waals surface area contributed by atoms with Crippen molar-refractivity contribution in [3.63, 3.8) is 0 Å². The quantitative estimate of drug-likeness (QED) is 0.289.